The molecule has 4 aliphatic carbocycles. The van der Waals surface area contributed by atoms with Crippen molar-refractivity contribution >= 4 is 11.9 Å². The van der Waals surface area contributed by atoms with Crippen molar-refractivity contribution in [3.8, 4) is 5.75 Å². The van der Waals surface area contributed by atoms with Crippen LogP contribution in [0.2, 0.25) is 0 Å². The largest absolute Gasteiger partial charge is 0.494 e. The van der Waals surface area contributed by atoms with Gasteiger partial charge in [-0.25, -0.2) is 9.59 Å². The Bertz CT molecular complexity index is 1260. The zero-order chi connectivity index (χ0) is 34.3. The van der Waals surface area contributed by atoms with Crippen LogP contribution in [0.4, 0.5) is 0 Å². The molecule has 0 radical (unpaired) electrons. The summed E-state index contributed by atoms with van der Waals surface area (Å²) in [5.41, 5.74) is 2.92. The molecule has 266 valence electrons. The van der Waals surface area contributed by atoms with Crippen LogP contribution in [0.15, 0.2) is 48.6 Å². The van der Waals surface area contributed by atoms with Gasteiger partial charge >= 0.3 is 11.9 Å². The number of esters is 2. The van der Waals surface area contributed by atoms with Crippen LogP contribution in [0.25, 0.3) is 0 Å². The van der Waals surface area contributed by atoms with Crippen LogP contribution >= 0.6 is 0 Å². The zero-order valence-electron chi connectivity index (χ0n) is 30.8. The summed E-state index contributed by atoms with van der Waals surface area (Å²) in [7, 11) is 0. The van der Waals surface area contributed by atoms with Gasteiger partial charge in [0, 0.05) is 12.5 Å². The molecule has 1 aromatic rings. The van der Waals surface area contributed by atoms with Crippen molar-refractivity contribution in [2.75, 3.05) is 13.2 Å². The first-order valence-corrected chi connectivity index (χ1v) is 19.5. The van der Waals surface area contributed by atoms with Gasteiger partial charge in [-0.2, -0.15) is 0 Å². The third-order valence-electron chi connectivity index (χ3n) is 13.3. The fourth-order valence-corrected chi connectivity index (χ4v) is 10.6. The summed E-state index contributed by atoms with van der Waals surface area (Å²) in [6, 6.07) is 7.37. The number of hydrogen-bond acceptors (Lipinski definition) is 5. The summed E-state index contributed by atoms with van der Waals surface area (Å²) in [6.45, 7) is 17.0. The summed E-state index contributed by atoms with van der Waals surface area (Å²) in [6.07, 6.45) is 21.5. The Balaban J connectivity index is 1.08. The zero-order valence-corrected chi connectivity index (χ0v) is 30.8. The lowest BCUT2D eigenvalue weighted by molar-refractivity contribution is -0.137. The number of fused-ring (bicyclic) bond motifs is 5. The van der Waals surface area contributed by atoms with Crippen LogP contribution in [0.1, 0.15) is 141 Å². The van der Waals surface area contributed by atoms with E-state index in [1.165, 1.54) is 57.4 Å². The molecule has 0 spiro atoms. The molecule has 0 amide bonds. The number of hydrogen-bond donors (Lipinski definition) is 0. The molecule has 3 saturated carbocycles. The van der Waals surface area contributed by atoms with Crippen molar-refractivity contribution in [3.05, 3.63) is 54.1 Å². The van der Waals surface area contributed by atoms with Crippen molar-refractivity contribution < 1.29 is 23.8 Å². The van der Waals surface area contributed by atoms with Gasteiger partial charge in [0.25, 0.3) is 0 Å². The predicted octanol–water partition coefficient (Wildman–Crippen LogP) is 10.9. The summed E-state index contributed by atoms with van der Waals surface area (Å²) in [5.74, 6) is 5.18. The number of allylic oxidation sites excluding steroid dienone is 1. The third-order valence-corrected chi connectivity index (χ3v) is 13.3. The first kappa shape index (κ1) is 36.7. The lowest BCUT2D eigenvalue weighted by atomic mass is 9.47. The first-order chi connectivity index (χ1) is 23.0. The van der Waals surface area contributed by atoms with Gasteiger partial charge in [-0.3, -0.25) is 0 Å². The van der Waals surface area contributed by atoms with Crippen LogP contribution in [0.3, 0.4) is 0 Å². The van der Waals surface area contributed by atoms with Gasteiger partial charge in [0.15, 0.2) is 0 Å². The Labute approximate surface area is 291 Å². The van der Waals surface area contributed by atoms with E-state index in [1.807, 2.05) is 24.3 Å². The molecular formula is C43H64O5. The maximum absolute atomic E-state index is 13.2. The second kappa shape index (κ2) is 16.4. The predicted molar refractivity (Wildman–Crippen MR) is 194 cm³/mol. The Morgan fingerprint density at radius 2 is 1.65 bits per heavy atom. The van der Waals surface area contributed by atoms with Crippen LogP contribution in [-0.4, -0.2) is 31.3 Å². The highest BCUT2D eigenvalue weighted by atomic mass is 16.5. The first-order valence-electron chi connectivity index (χ1n) is 19.5. The number of carbonyl (C=O) groups excluding carboxylic acids is 2. The number of rotatable bonds is 16. The quantitative estimate of drug-likeness (QED) is 0.0764. The minimum Gasteiger partial charge on any atom is -0.494 e. The van der Waals surface area contributed by atoms with Crippen molar-refractivity contribution in [2.45, 2.75) is 137 Å². The molecule has 0 saturated heterocycles. The van der Waals surface area contributed by atoms with Gasteiger partial charge in [-0.05, 0) is 141 Å². The molecule has 8 unspecified atom stereocenters. The molecule has 5 rings (SSSR count). The molecule has 5 heteroatoms. The highest BCUT2D eigenvalue weighted by molar-refractivity contribution is 5.89. The number of benzene rings is 1. The Kier molecular flexibility index (Phi) is 12.6. The highest BCUT2D eigenvalue weighted by Gasteiger charge is 2.59. The standard InChI is InChI=1S/C43H64O5/c1-7-40(44)47-28-11-9-8-10-27-46-34-18-15-32(16-19-34)41(45)48-35-23-25-42(5)33(29-35)17-20-36-38-22-21-37(31(4)14-12-13-30(2)3)43(38,6)26-24-39(36)42/h7,15-19,30-31,35-39H,1,8-14,20-29H2,2-6H3. The lowest BCUT2D eigenvalue weighted by Gasteiger charge is -2.58. The monoisotopic (exact) mass is 660 g/mol. The molecule has 48 heavy (non-hydrogen) atoms. The highest BCUT2D eigenvalue weighted by Crippen LogP contribution is 2.67. The van der Waals surface area contributed by atoms with E-state index < -0.39 is 0 Å². The normalized spacial score (nSPS) is 31.5. The van der Waals surface area contributed by atoms with Crippen molar-refractivity contribution in [1.82, 2.24) is 0 Å². The van der Waals surface area contributed by atoms with Gasteiger partial charge in [0.2, 0.25) is 0 Å². The van der Waals surface area contributed by atoms with E-state index in [2.05, 4.69) is 47.3 Å². The Hall–Kier alpha value is -2.56. The van der Waals surface area contributed by atoms with Crippen molar-refractivity contribution in [1.29, 1.82) is 0 Å². The lowest BCUT2D eigenvalue weighted by Crippen LogP contribution is -2.51. The molecule has 0 bridgehead atoms. The SMILES string of the molecule is C=CC(=O)OCCCCCCOc1ccc(C(=O)OC2CCC3(C)C(=CCC4C3CCC3(C)C(C(C)CCCC(C)C)CCC43)C2)cc1. The fourth-order valence-electron chi connectivity index (χ4n) is 10.6. The molecule has 0 aromatic heterocycles. The second-order valence-corrected chi connectivity index (χ2v) is 16.7. The Morgan fingerprint density at radius 3 is 2.38 bits per heavy atom. The van der Waals surface area contributed by atoms with Crippen LogP contribution in [-0.2, 0) is 14.3 Å². The van der Waals surface area contributed by atoms with Crippen LogP contribution in [0.5, 0.6) is 5.75 Å². The maximum atomic E-state index is 13.2. The van der Waals surface area contributed by atoms with Gasteiger partial charge in [0.1, 0.15) is 11.9 Å². The summed E-state index contributed by atoms with van der Waals surface area (Å²) < 4.78 is 17.0. The number of ether oxygens (including phenoxy) is 3. The number of unbranched alkanes of at least 4 members (excludes halogenated alkanes) is 3. The van der Waals surface area contributed by atoms with E-state index in [-0.39, 0.29) is 23.5 Å². The molecule has 8 atom stereocenters. The van der Waals surface area contributed by atoms with Crippen molar-refractivity contribution in [2.24, 2.45) is 46.3 Å². The number of carbonyl (C=O) groups is 2. The average molecular weight is 661 g/mol. The van der Waals surface area contributed by atoms with Gasteiger partial charge < -0.3 is 14.2 Å². The van der Waals surface area contributed by atoms with E-state index in [0.29, 0.717) is 24.2 Å². The van der Waals surface area contributed by atoms with Crippen LogP contribution in [0, 0.1) is 46.3 Å². The third kappa shape index (κ3) is 8.41. The molecular weight excluding hydrogens is 596 g/mol. The average Bonchev–Trinajstić information content (AvgIpc) is 3.43. The van der Waals surface area contributed by atoms with Gasteiger partial charge in [-0.15, -0.1) is 0 Å². The molecule has 1 aromatic carbocycles. The van der Waals surface area contributed by atoms with Gasteiger partial charge in [-0.1, -0.05) is 72.1 Å². The molecule has 4 aliphatic rings. The topological polar surface area (TPSA) is 61.8 Å². The molecule has 0 heterocycles. The smallest absolute Gasteiger partial charge is 0.338 e. The summed E-state index contributed by atoms with van der Waals surface area (Å²) >= 11 is 0. The molecule has 0 aliphatic heterocycles. The molecule has 3 fully saturated rings. The minimum absolute atomic E-state index is 0.0407. The van der Waals surface area contributed by atoms with Crippen LogP contribution < -0.4 is 4.74 Å². The minimum atomic E-state index is -0.367. The van der Waals surface area contributed by atoms with Crippen molar-refractivity contribution in [3.63, 3.8) is 0 Å². The van der Waals surface area contributed by atoms with E-state index in [0.717, 1.165) is 86.2 Å². The molecule has 0 N–H and O–H groups in total. The summed E-state index contributed by atoms with van der Waals surface area (Å²) in [5, 5.41) is 0. The van der Waals surface area contributed by atoms with E-state index >= 15 is 0 Å². The molecule has 5 nitrogen and oxygen atoms in total. The summed E-state index contributed by atoms with van der Waals surface area (Å²) in [4.78, 5) is 24.2. The van der Waals surface area contributed by atoms with E-state index in [1.54, 1.807) is 5.57 Å². The van der Waals surface area contributed by atoms with E-state index in [4.69, 9.17) is 14.2 Å². The van der Waals surface area contributed by atoms with Gasteiger partial charge in [0.05, 0.1) is 18.8 Å². The second-order valence-electron chi connectivity index (χ2n) is 16.7. The fraction of sp³-hybridized carbons (Fsp3) is 0.721. The maximum Gasteiger partial charge on any atom is 0.338 e. The Morgan fingerprint density at radius 1 is 0.896 bits per heavy atom. The van der Waals surface area contributed by atoms with E-state index in [9.17, 15) is 9.59 Å².